The zero-order chi connectivity index (χ0) is 23.9. The van der Waals surface area contributed by atoms with Crippen LogP contribution in [0.1, 0.15) is 41.3 Å². The Morgan fingerprint density at radius 3 is 2.26 bits per heavy atom. The Morgan fingerprint density at radius 2 is 1.63 bits per heavy atom. The van der Waals surface area contributed by atoms with E-state index in [1.165, 1.54) is 12.1 Å². The number of aromatic amines is 1. The molecule has 0 saturated carbocycles. The number of halogens is 3. The molecule has 1 aromatic heterocycles. The number of hydrogen-bond acceptors (Lipinski definition) is 2. The second kappa shape index (κ2) is 9.35. The molecule has 3 aliphatic heterocycles. The number of hydrogen-bond donors (Lipinski definition) is 1. The third-order valence-electron chi connectivity index (χ3n) is 7.22. The van der Waals surface area contributed by atoms with Crippen LogP contribution in [-0.2, 0) is 4.79 Å². The van der Waals surface area contributed by atoms with Crippen LogP contribution in [0.2, 0.25) is 0 Å². The fraction of sp³-hybridized carbons (Fsp3) is 0.250. The van der Waals surface area contributed by atoms with Gasteiger partial charge in [-0.15, -0.1) is 0 Å². The predicted octanol–water partition coefficient (Wildman–Crippen LogP) is 2.17. The molecule has 35 heavy (non-hydrogen) atoms. The molecular weight excluding hydrogens is 559 g/mol. The molecule has 6 rings (SSSR count). The number of H-pyrrole nitrogens is 1. The van der Waals surface area contributed by atoms with Crippen molar-refractivity contribution in [3.8, 4) is 0 Å². The first-order chi connectivity index (χ1) is 17.1. The minimum atomic E-state index is -0.317. The van der Waals surface area contributed by atoms with Gasteiger partial charge in [0.25, 0.3) is 0 Å². The molecule has 2 saturated heterocycles. The van der Waals surface area contributed by atoms with Gasteiger partial charge in [-0.2, -0.15) is 0 Å². The first kappa shape index (κ1) is 22.7. The monoisotopic (exact) mass is 584 g/mol. The number of aromatic nitrogens is 1. The van der Waals surface area contributed by atoms with Crippen LogP contribution >= 0.6 is 0 Å². The van der Waals surface area contributed by atoms with Crippen LogP contribution in [0.15, 0.2) is 69.0 Å². The van der Waals surface area contributed by atoms with E-state index in [0.29, 0.717) is 13.1 Å². The SMILES string of the molecule is O=C(C1=C[I-]C=Cc2cc[nH]c21)N1CC2CCC(C1)N2C(c1cccc(F)c1)c1cccc(F)c1. The summed E-state index contributed by atoms with van der Waals surface area (Å²) in [6.45, 7) is 1.21. The first-order valence-corrected chi connectivity index (χ1v) is 14.3. The summed E-state index contributed by atoms with van der Waals surface area (Å²) in [5, 5.41) is 0. The predicted molar refractivity (Wildman–Crippen MR) is 128 cm³/mol. The summed E-state index contributed by atoms with van der Waals surface area (Å²) in [6, 6.07) is 15.2. The molecule has 7 heteroatoms. The number of carbonyl (C=O) groups excluding carboxylic acids is 1. The quantitative estimate of drug-likeness (QED) is 0.478. The number of nitrogens with zero attached hydrogens (tertiary/aromatic N) is 2. The molecule has 180 valence electrons. The number of benzene rings is 2. The van der Waals surface area contributed by atoms with Gasteiger partial charge in [0.15, 0.2) is 0 Å². The van der Waals surface area contributed by atoms with Gasteiger partial charge in [0, 0.05) is 0 Å². The van der Waals surface area contributed by atoms with E-state index in [1.54, 1.807) is 24.3 Å². The van der Waals surface area contributed by atoms with Crippen molar-refractivity contribution in [2.75, 3.05) is 13.1 Å². The number of fused-ring (bicyclic) bond motifs is 3. The maximum atomic E-state index is 14.2. The third-order valence-corrected chi connectivity index (χ3v) is 8.98. The normalized spacial score (nSPS) is 21.9. The van der Waals surface area contributed by atoms with Crippen LogP contribution in [0.5, 0.6) is 0 Å². The minimum absolute atomic E-state index is 0.0710. The zero-order valence-corrected chi connectivity index (χ0v) is 21.2. The van der Waals surface area contributed by atoms with Crippen LogP contribution in [0.4, 0.5) is 8.78 Å². The van der Waals surface area contributed by atoms with Crippen LogP contribution in [-0.4, -0.2) is 45.9 Å². The second-order valence-corrected chi connectivity index (χ2v) is 11.4. The van der Waals surface area contributed by atoms with E-state index in [2.05, 4.69) is 24.1 Å². The molecule has 1 N–H and O–H groups in total. The summed E-state index contributed by atoms with van der Waals surface area (Å²) in [7, 11) is 0. The fourth-order valence-electron chi connectivity index (χ4n) is 5.75. The number of piperazine rings is 1. The van der Waals surface area contributed by atoms with E-state index in [-0.39, 0.29) is 56.9 Å². The van der Waals surface area contributed by atoms with Crippen LogP contribution in [0.3, 0.4) is 0 Å². The number of amides is 1. The van der Waals surface area contributed by atoms with E-state index in [1.807, 2.05) is 29.3 Å². The Hall–Kier alpha value is -2.78. The summed E-state index contributed by atoms with van der Waals surface area (Å²) in [5.74, 6) is -0.533. The van der Waals surface area contributed by atoms with E-state index >= 15 is 0 Å². The molecule has 1 amide bonds. The van der Waals surface area contributed by atoms with Crippen molar-refractivity contribution in [2.45, 2.75) is 31.0 Å². The van der Waals surface area contributed by atoms with E-state index in [4.69, 9.17) is 0 Å². The fourth-order valence-corrected chi connectivity index (χ4v) is 7.49. The van der Waals surface area contributed by atoms with Crippen LogP contribution in [0, 0.1) is 11.6 Å². The average Bonchev–Trinajstić information content (AvgIpc) is 3.33. The van der Waals surface area contributed by atoms with E-state index < -0.39 is 0 Å². The standard InChI is InChI=1S/C28H25F2IN3O/c29-21-5-1-3-19(13-21)27(20-4-2-6-22(30)14-20)34-23-7-8-24(34)17-33(16-23)28(35)25-15-31-11-9-18-10-12-32-26(18)25/h1-6,9-15,23-24,27,32H,7-8,16-17H2/q-1. The van der Waals surface area contributed by atoms with Crippen molar-refractivity contribution >= 4 is 17.6 Å². The molecule has 3 aromatic rings. The van der Waals surface area contributed by atoms with Gasteiger partial charge in [0.05, 0.1) is 0 Å². The van der Waals surface area contributed by atoms with Crippen molar-refractivity contribution in [3.05, 3.63) is 103 Å². The Balaban J connectivity index is 1.31. The Morgan fingerprint density at radius 1 is 0.971 bits per heavy atom. The van der Waals surface area contributed by atoms with Crippen molar-refractivity contribution in [1.29, 1.82) is 0 Å². The number of carbonyl (C=O) groups is 1. The third kappa shape index (κ3) is 4.25. The second-order valence-electron chi connectivity index (χ2n) is 9.30. The molecule has 2 aromatic carbocycles. The molecule has 4 heterocycles. The zero-order valence-electron chi connectivity index (χ0n) is 19.0. The first-order valence-electron chi connectivity index (χ1n) is 11.8. The molecule has 0 spiro atoms. The van der Waals surface area contributed by atoms with Crippen molar-refractivity contribution in [3.63, 3.8) is 0 Å². The van der Waals surface area contributed by atoms with Gasteiger partial charge >= 0.3 is 214 Å². The molecular formula is C28H25F2IN3O-. The van der Waals surface area contributed by atoms with Crippen molar-refractivity contribution in [1.82, 2.24) is 14.8 Å². The molecule has 0 radical (unpaired) electrons. The van der Waals surface area contributed by atoms with E-state index in [0.717, 1.165) is 40.8 Å². The number of nitrogens with one attached hydrogen (secondary N) is 1. The number of likely N-dealkylation sites (tertiary alicyclic amines) is 1. The number of rotatable bonds is 4. The molecule has 4 nitrogen and oxygen atoms in total. The summed E-state index contributed by atoms with van der Waals surface area (Å²) in [6.07, 6.45) is 5.89. The van der Waals surface area contributed by atoms with Gasteiger partial charge in [-0.05, 0) is 0 Å². The Kier molecular flexibility index (Phi) is 6.06. The van der Waals surface area contributed by atoms with Crippen molar-refractivity contribution < 1.29 is 34.8 Å². The molecule has 3 aliphatic rings. The van der Waals surface area contributed by atoms with Crippen LogP contribution in [0.25, 0.3) is 11.6 Å². The maximum absolute atomic E-state index is 14.2. The summed E-state index contributed by atoms with van der Waals surface area (Å²) in [5.41, 5.74) is 4.34. The summed E-state index contributed by atoms with van der Waals surface area (Å²) in [4.78, 5) is 21.3. The van der Waals surface area contributed by atoms with Gasteiger partial charge in [-0.3, -0.25) is 0 Å². The molecule has 2 atom stereocenters. The van der Waals surface area contributed by atoms with Crippen LogP contribution < -0.4 is 21.2 Å². The van der Waals surface area contributed by atoms with Gasteiger partial charge in [0.1, 0.15) is 0 Å². The Bertz CT molecular complexity index is 1270. The molecule has 2 unspecified atom stereocenters. The Labute approximate surface area is 213 Å². The van der Waals surface area contributed by atoms with Crippen molar-refractivity contribution in [2.24, 2.45) is 0 Å². The van der Waals surface area contributed by atoms with E-state index in [9.17, 15) is 13.6 Å². The van der Waals surface area contributed by atoms with Gasteiger partial charge in [-0.25, -0.2) is 0 Å². The van der Waals surface area contributed by atoms with Gasteiger partial charge in [0.2, 0.25) is 0 Å². The van der Waals surface area contributed by atoms with Gasteiger partial charge < -0.3 is 0 Å². The molecule has 2 fully saturated rings. The summed E-state index contributed by atoms with van der Waals surface area (Å²) < 4.78 is 32.8. The molecule has 0 aliphatic carbocycles. The summed E-state index contributed by atoms with van der Waals surface area (Å²) >= 11 is -0.317. The average molecular weight is 584 g/mol. The topological polar surface area (TPSA) is 39.3 Å². The molecule has 2 bridgehead atoms. The van der Waals surface area contributed by atoms with Gasteiger partial charge in [-0.1, -0.05) is 0 Å².